The fourth-order valence-corrected chi connectivity index (χ4v) is 3.11. The maximum Gasteiger partial charge on any atom is 0.00805 e. The summed E-state index contributed by atoms with van der Waals surface area (Å²) in [6, 6.07) is 1.37. The summed E-state index contributed by atoms with van der Waals surface area (Å²) in [4.78, 5) is 0. The minimum atomic E-state index is 0.619. The van der Waals surface area contributed by atoms with Crippen molar-refractivity contribution in [2.45, 2.75) is 56.9 Å². The van der Waals surface area contributed by atoms with Gasteiger partial charge in [-0.1, -0.05) is 13.0 Å². The predicted octanol–water partition coefficient (Wildman–Crippen LogP) is 3.46. The lowest BCUT2D eigenvalue weighted by Gasteiger charge is -2.24. The Morgan fingerprint density at radius 1 is 1.47 bits per heavy atom. The van der Waals surface area contributed by atoms with Gasteiger partial charge in [-0.15, -0.1) is 6.58 Å². The molecule has 1 aliphatic carbocycles. The van der Waals surface area contributed by atoms with E-state index >= 15 is 0 Å². The van der Waals surface area contributed by atoms with Gasteiger partial charge in [-0.3, -0.25) is 0 Å². The van der Waals surface area contributed by atoms with Crippen molar-refractivity contribution in [2.24, 2.45) is 5.92 Å². The molecular formula is C13H25NS. The number of allylic oxidation sites excluding steroid dienone is 1. The van der Waals surface area contributed by atoms with E-state index in [9.17, 15) is 0 Å². The Labute approximate surface area is 99.1 Å². The van der Waals surface area contributed by atoms with Crippen LogP contribution in [0.15, 0.2) is 12.7 Å². The predicted molar refractivity (Wildman–Crippen MR) is 71.5 cm³/mol. The van der Waals surface area contributed by atoms with Gasteiger partial charge in [-0.25, -0.2) is 0 Å². The van der Waals surface area contributed by atoms with Crippen LogP contribution in [0.25, 0.3) is 0 Å². The van der Waals surface area contributed by atoms with Gasteiger partial charge in [0.25, 0.3) is 0 Å². The van der Waals surface area contributed by atoms with Gasteiger partial charge in [-0.05, 0) is 44.8 Å². The van der Waals surface area contributed by atoms with Crippen LogP contribution in [0.2, 0.25) is 0 Å². The highest BCUT2D eigenvalue weighted by molar-refractivity contribution is 7.99. The summed E-state index contributed by atoms with van der Waals surface area (Å²) in [6.45, 7) is 8.42. The molecule has 0 bridgehead atoms. The summed E-state index contributed by atoms with van der Waals surface area (Å²) in [6.07, 6.45) is 9.48. The molecule has 1 rings (SSSR count). The second-order valence-electron chi connectivity index (χ2n) is 4.82. The van der Waals surface area contributed by atoms with E-state index in [1.165, 1.54) is 19.3 Å². The van der Waals surface area contributed by atoms with E-state index in [1.807, 2.05) is 17.8 Å². The molecule has 0 aromatic carbocycles. The molecule has 0 aromatic rings. The molecule has 0 saturated heterocycles. The maximum atomic E-state index is 3.81. The topological polar surface area (TPSA) is 12.0 Å². The van der Waals surface area contributed by atoms with Crippen LogP contribution >= 0.6 is 11.8 Å². The number of nitrogens with one attached hydrogen (secondary N) is 1. The molecule has 4 unspecified atom stereocenters. The summed E-state index contributed by atoms with van der Waals surface area (Å²) in [5.41, 5.74) is 0. The number of hydrogen-bond acceptors (Lipinski definition) is 2. The molecule has 1 saturated carbocycles. The third kappa shape index (κ3) is 4.20. The molecular weight excluding hydrogens is 202 g/mol. The number of rotatable bonds is 6. The zero-order chi connectivity index (χ0) is 11.3. The minimum Gasteiger partial charge on any atom is -0.311 e. The van der Waals surface area contributed by atoms with Gasteiger partial charge < -0.3 is 5.32 Å². The summed E-state index contributed by atoms with van der Waals surface area (Å²) in [5, 5.41) is 4.66. The molecule has 1 aliphatic rings. The van der Waals surface area contributed by atoms with Crippen LogP contribution in [0.1, 0.15) is 39.5 Å². The Balaban J connectivity index is 2.26. The fourth-order valence-electron chi connectivity index (χ4n) is 2.31. The molecule has 1 fully saturated rings. The van der Waals surface area contributed by atoms with Gasteiger partial charge in [0.1, 0.15) is 0 Å². The Morgan fingerprint density at radius 2 is 2.20 bits per heavy atom. The van der Waals surface area contributed by atoms with Crippen LogP contribution in [-0.2, 0) is 0 Å². The molecule has 0 radical (unpaired) electrons. The van der Waals surface area contributed by atoms with Gasteiger partial charge >= 0.3 is 0 Å². The lowest BCUT2D eigenvalue weighted by atomic mass is 9.99. The second kappa shape index (κ2) is 6.59. The third-order valence-corrected chi connectivity index (χ3v) is 4.70. The molecule has 1 nitrogen and oxygen atoms in total. The van der Waals surface area contributed by atoms with Gasteiger partial charge in [0, 0.05) is 17.3 Å². The Hall–Kier alpha value is 0.0500. The molecule has 0 heterocycles. The van der Waals surface area contributed by atoms with E-state index in [0.717, 1.165) is 17.7 Å². The zero-order valence-electron chi connectivity index (χ0n) is 10.3. The van der Waals surface area contributed by atoms with Crippen LogP contribution in [0.4, 0.5) is 0 Å². The average molecular weight is 227 g/mol. The largest absolute Gasteiger partial charge is 0.311 e. The summed E-state index contributed by atoms with van der Waals surface area (Å²) in [7, 11) is 0. The highest BCUT2D eigenvalue weighted by Gasteiger charge is 2.25. The SMILES string of the molecule is C=CCC(C)C(C)NC1CCC(SC)C1. The van der Waals surface area contributed by atoms with Crippen molar-refractivity contribution in [3.63, 3.8) is 0 Å². The summed E-state index contributed by atoms with van der Waals surface area (Å²) >= 11 is 2.03. The molecule has 0 amide bonds. The first kappa shape index (κ1) is 13.1. The first-order chi connectivity index (χ1) is 7.17. The second-order valence-corrected chi connectivity index (χ2v) is 5.96. The van der Waals surface area contributed by atoms with Gasteiger partial charge in [0.15, 0.2) is 0 Å². The van der Waals surface area contributed by atoms with Crippen LogP contribution in [-0.4, -0.2) is 23.6 Å². The van der Waals surface area contributed by atoms with E-state index in [1.54, 1.807) is 0 Å². The standard InChI is InChI=1S/C13H25NS/c1-5-6-10(2)11(3)14-12-7-8-13(9-12)15-4/h5,10-14H,1,6-9H2,2-4H3. The van der Waals surface area contributed by atoms with E-state index in [2.05, 4.69) is 32.0 Å². The molecule has 0 aromatic heterocycles. The molecule has 88 valence electrons. The van der Waals surface area contributed by atoms with Crippen molar-refractivity contribution in [2.75, 3.05) is 6.26 Å². The van der Waals surface area contributed by atoms with E-state index in [-0.39, 0.29) is 0 Å². The monoisotopic (exact) mass is 227 g/mol. The van der Waals surface area contributed by atoms with Gasteiger partial charge in [0.2, 0.25) is 0 Å². The molecule has 2 heteroatoms. The molecule has 0 aliphatic heterocycles. The Morgan fingerprint density at radius 3 is 2.73 bits per heavy atom. The Bertz CT molecular complexity index is 193. The van der Waals surface area contributed by atoms with Crippen LogP contribution in [0.3, 0.4) is 0 Å². The minimum absolute atomic E-state index is 0.619. The molecule has 15 heavy (non-hydrogen) atoms. The van der Waals surface area contributed by atoms with Crippen LogP contribution in [0, 0.1) is 5.92 Å². The lowest BCUT2D eigenvalue weighted by molar-refractivity contribution is 0.358. The quantitative estimate of drug-likeness (QED) is 0.697. The smallest absolute Gasteiger partial charge is 0.00805 e. The van der Waals surface area contributed by atoms with Crippen LogP contribution in [0.5, 0.6) is 0 Å². The molecule has 0 spiro atoms. The number of thioether (sulfide) groups is 1. The molecule has 1 N–H and O–H groups in total. The van der Waals surface area contributed by atoms with Gasteiger partial charge in [0.05, 0.1) is 0 Å². The third-order valence-electron chi connectivity index (χ3n) is 3.61. The first-order valence-corrected chi connectivity index (χ1v) is 7.35. The van der Waals surface area contributed by atoms with E-state index in [4.69, 9.17) is 0 Å². The van der Waals surface area contributed by atoms with Crippen molar-refractivity contribution in [1.82, 2.24) is 5.32 Å². The average Bonchev–Trinajstić information content (AvgIpc) is 2.66. The maximum absolute atomic E-state index is 3.81. The fraction of sp³-hybridized carbons (Fsp3) is 0.846. The summed E-state index contributed by atoms with van der Waals surface area (Å²) < 4.78 is 0. The zero-order valence-corrected chi connectivity index (χ0v) is 11.1. The Kier molecular flexibility index (Phi) is 5.77. The molecule has 4 atom stereocenters. The van der Waals surface area contributed by atoms with Crippen molar-refractivity contribution < 1.29 is 0 Å². The first-order valence-electron chi connectivity index (χ1n) is 6.07. The van der Waals surface area contributed by atoms with E-state index in [0.29, 0.717) is 12.0 Å². The van der Waals surface area contributed by atoms with Crippen molar-refractivity contribution in [3.8, 4) is 0 Å². The highest BCUT2D eigenvalue weighted by Crippen LogP contribution is 2.28. The van der Waals surface area contributed by atoms with Crippen molar-refractivity contribution >= 4 is 11.8 Å². The van der Waals surface area contributed by atoms with Crippen molar-refractivity contribution in [3.05, 3.63) is 12.7 Å². The highest BCUT2D eigenvalue weighted by atomic mass is 32.2. The summed E-state index contributed by atoms with van der Waals surface area (Å²) in [5.74, 6) is 0.704. The van der Waals surface area contributed by atoms with E-state index < -0.39 is 0 Å². The van der Waals surface area contributed by atoms with Crippen LogP contribution < -0.4 is 5.32 Å². The lowest BCUT2D eigenvalue weighted by Crippen LogP contribution is -2.38. The number of hydrogen-bond donors (Lipinski definition) is 1. The van der Waals surface area contributed by atoms with Crippen molar-refractivity contribution in [1.29, 1.82) is 0 Å². The van der Waals surface area contributed by atoms with Gasteiger partial charge in [-0.2, -0.15) is 11.8 Å². The normalized spacial score (nSPS) is 30.1.